The number of nitrogens with zero attached hydrogens (tertiary/aromatic N) is 1. The van der Waals surface area contributed by atoms with Crippen LogP contribution in [0.4, 0.5) is 0 Å². The number of carbonyl (C=O) groups excluding carboxylic acids is 1. The summed E-state index contributed by atoms with van der Waals surface area (Å²) >= 11 is 0. The van der Waals surface area contributed by atoms with Crippen LogP contribution in [0.5, 0.6) is 0 Å². The van der Waals surface area contributed by atoms with Gasteiger partial charge in [-0.3, -0.25) is 4.79 Å². The second kappa shape index (κ2) is 7.93. The van der Waals surface area contributed by atoms with E-state index in [2.05, 4.69) is 19.1 Å². The highest BCUT2D eigenvalue weighted by Crippen LogP contribution is 2.22. The molecule has 0 spiro atoms. The molecule has 2 unspecified atom stereocenters. The van der Waals surface area contributed by atoms with E-state index in [1.54, 1.807) is 0 Å². The molecule has 0 aliphatic rings. The molecule has 0 radical (unpaired) electrons. The van der Waals surface area contributed by atoms with Crippen LogP contribution >= 0.6 is 0 Å². The lowest BCUT2D eigenvalue weighted by molar-refractivity contribution is -0.136. The van der Waals surface area contributed by atoms with Crippen molar-refractivity contribution in [3.8, 4) is 0 Å². The van der Waals surface area contributed by atoms with Crippen LogP contribution in [0.15, 0.2) is 54.6 Å². The van der Waals surface area contributed by atoms with E-state index in [9.17, 15) is 4.79 Å². The topological polar surface area (TPSA) is 46.3 Å². The summed E-state index contributed by atoms with van der Waals surface area (Å²) in [4.78, 5) is 14.7. The van der Waals surface area contributed by atoms with E-state index in [4.69, 9.17) is 5.73 Å². The van der Waals surface area contributed by atoms with Gasteiger partial charge in [0.2, 0.25) is 5.91 Å². The SMILES string of the molecule is CCN(Cc1ccccc1C)C(=O)C(C)C(N)c1ccccc1. The third-order valence-electron chi connectivity index (χ3n) is 4.43. The van der Waals surface area contributed by atoms with Gasteiger partial charge in [0, 0.05) is 19.1 Å². The van der Waals surface area contributed by atoms with Gasteiger partial charge in [-0.05, 0) is 30.5 Å². The van der Waals surface area contributed by atoms with E-state index in [0.29, 0.717) is 13.1 Å². The molecule has 1 amide bonds. The summed E-state index contributed by atoms with van der Waals surface area (Å²) < 4.78 is 0. The summed E-state index contributed by atoms with van der Waals surface area (Å²) in [5, 5.41) is 0. The normalized spacial score (nSPS) is 13.4. The smallest absolute Gasteiger partial charge is 0.227 e. The molecule has 2 N–H and O–H groups in total. The molecule has 23 heavy (non-hydrogen) atoms. The number of carbonyl (C=O) groups is 1. The molecule has 0 fully saturated rings. The first-order valence-corrected chi connectivity index (χ1v) is 8.18. The zero-order chi connectivity index (χ0) is 16.8. The Kier molecular flexibility index (Phi) is 5.94. The number of nitrogens with two attached hydrogens (primary N) is 1. The highest BCUT2D eigenvalue weighted by atomic mass is 16.2. The monoisotopic (exact) mass is 310 g/mol. The Hall–Kier alpha value is -2.13. The Morgan fingerprint density at radius 2 is 1.70 bits per heavy atom. The van der Waals surface area contributed by atoms with Crippen molar-refractivity contribution >= 4 is 5.91 Å². The Morgan fingerprint density at radius 1 is 1.09 bits per heavy atom. The van der Waals surface area contributed by atoms with E-state index >= 15 is 0 Å². The fourth-order valence-electron chi connectivity index (χ4n) is 2.74. The van der Waals surface area contributed by atoms with Gasteiger partial charge in [0.05, 0.1) is 5.92 Å². The van der Waals surface area contributed by atoms with Crippen molar-refractivity contribution in [1.82, 2.24) is 4.90 Å². The zero-order valence-electron chi connectivity index (χ0n) is 14.2. The summed E-state index contributed by atoms with van der Waals surface area (Å²) in [5.41, 5.74) is 9.70. The number of rotatable bonds is 6. The molecule has 0 aliphatic carbocycles. The first-order chi connectivity index (χ1) is 11.0. The molecule has 2 atom stereocenters. The minimum Gasteiger partial charge on any atom is -0.338 e. The van der Waals surface area contributed by atoms with Crippen molar-refractivity contribution in [2.45, 2.75) is 33.4 Å². The average Bonchev–Trinajstić information content (AvgIpc) is 2.60. The van der Waals surface area contributed by atoms with Gasteiger partial charge in [0.25, 0.3) is 0 Å². The van der Waals surface area contributed by atoms with Crippen molar-refractivity contribution in [3.05, 3.63) is 71.3 Å². The lowest BCUT2D eigenvalue weighted by Crippen LogP contribution is -2.39. The Balaban J connectivity index is 2.11. The van der Waals surface area contributed by atoms with E-state index in [1.807, 2.05) is 61.2 Å². The molecule has 2 rings (SSSR count). The maximum Gasteiger partial charge on any atom is 0.227 e. The molecule has 0 saturated heterocycles. The molecule has 3 heteroatoms. The Bertz CT molecular complexity index is 639. The van der Waals surface area contributed by atoms with Crippen molar-refractivity contribution in [2.75, 3.05) is 6.54 Å². The maximum absolute atomic E-state index is 12.9. The van der Waals surface area contributed by atoms with E-state index in [-0.39, 0.29) is 17.9 Å². The predicted molar refractivity (Wildman–Crippen MR) is 94.8 cm³/mol. The van der Waals surface area contributed by atoms with Crippen molar-refractivity contribution < 1.29 is 4.79 Å². The largest absolute Gasteiger partial charge is 0.338 e. The van der Waals surface area contributed by atoms with Gasteiger partial charge in [-0.1, -0.05) is 61.5 Å². The minimum absolute atomic E-state index is 0.104. The molecule has 0 aromatic heterocycles. The van der Waals surface area contributed by atoms with Gasteiger partial charge in [-0.25, -0.2) is 0 Å². The summed E-state index contributed by atoms with van der Waals surface area (Å²) in [6.07, 6.45) is 0. The van der Waals surface area contributed by atoms with Crippen LogP contribution in [-0.4, -0.2) is 17.4 Å². The highest BCUT2D eigenvalue weighted by Gasteiger charge is 2.26. The van der Waals surface area contributed by atoms with Crippen LogP contribution in [0.2, 0.25) is 0 Å². The zero-order valence-corrected chi connectivity index (χ0v) is 14.2. The van der Waals surface area contributed by atoms with Crippen molar-refractivity contribution in [3.63, 3.8) is 0 Å². The first kappa shape index (κ1) is 17.2. The molecule has 0 aliphatic heterocycles. The minimum atomic E-state index is -0.283. The van der Waals surface area contributed by atoms with Gasteiger partial charge in [-0.2, -0.15) is 0 Å². The van der Waals surface area contributed by atoms with Crippen molar-refractivity contribution in [1.29, 1.82) is 0 Å². The Labute approximate surface area is 139 Å². The van der Waals surface area contributed by atoms with Crippen LogP contribution in [0.3, 0.4) is 0 Å². The van der Waals surface area contributed by atoms with E-state index in [0.717, 1.165) is 5.56 Å². The van der Waals surface area contributed by atoms with Gasteiger partial charge in [0.1, 0.15) is 0 Å². The average molecular weight is 310 g/mol. The van der Waals surface area contributed by atoms with Crippen LogP contribution in [-0.2, 0) is 11.3 Å². The summed E-state index contributed by atoms with van der Waals surface area (Å²) in [6.45, 7) is 7.32. The molecule has 0 saturated carbocycles. The third kappa shape index (κ3) is 4.20. The van der Waals surface area contributed by atoms with E-state index < -0.39 is 0 Å². The molecule has 0 heterocycles. The lowest BCUT2D eigenvalue weighted by atomic mass is 9.94. The number of hydrogen-bond acceptors (Lipinski definition) is 2. The molecule has 0 bridgehead atoms. The summed E-state index contributed by atoms with van der Waals surface area (Å²) in [5.74, 6) is -0.145. The van der Waals surface area contributed by atoms with Crippen LogP contribution < -0.4 is 5.73 Å². The van der Waals surface area contributed by atoms with Gasteiger partial charge >= 0.3 is 0 Å². The second-order valence-corrected chi connectivity index (χ2v) is 6.00. The van der Waals surface area contributed by atoms with Crippen molar-refractivity contribution in [2.24, 2.45) is 11.7 Å². The second-order valence-electron chi connectivity index (χ2n) is 6.00. The van der Waals surface area contributed by atoms with Crippen LogP contribution in [0, 0.1) is 12.8 Å². The number of benzene rings is 2. The molecule has 122 valence electrons. The Morgan fingerprint density at radius 3 is 2.30 bits per heavy atom. The summed E-state index contributed by atoms with van der Waals surface area (Å²) in [6, 6.07) is 17.7. The molecule has 2 aromatic carbocycles. The molecular weight excluding hydrogens is 284 g/mol. The fraction of sp³-hybridized carbons (Fsp3) is 0.350. The van der Waals surface area contributed by atoms with Gasteiger partial charge < -0.3 is 10.6 Å². The summed E-state index contributed by atoms with van der Waals surface area (Å²) in [7, 11) is 0. The predicted octanol–water partition coefficient (Wildman–Crippen LogP) is 3.68. The quantitative estimate of drug-likeness (QED) is 0.884. The highest BCUT2D eigenvalue weighted by molar-refractivity contribution is 5.79. The standard InChI is InChI=1S/C20H26N2O/c1-4-22(14-18-13-9-8-10-15(18)2)20(23)16(3)19(21)17-11-6-5-7-12-17/h5-13,16,19H,4,14,21H2,1-3H3. The lowest BCUT2D eigenvalue weighted by Gasteiger charge is -2.28. The number of aryl methyl sites for hydroxylation is 1. The molecule has 3 nitrogen and oxygen atoms in total. The van der Waals surface area contributed by atoms with Crippen LogP contribution in [0.1, 0.15) is 36.6 Å². The maximum atomic E-state index is 12.9. The number of hydrogen-bond donors (Lipinski definition) is 1. The van der Waals surface area contributed by atoms with Gasteiger partial charge in [0.15, 0.2) is 0 Å². The molecule has 2 aromatic rings. The van der Waals surface area contributed by atoms with Crippen LogP contribution in [0.25, 0.3) is 0 Å². The first-order valence-electron chi connectivity index (χ1n) is 8.18. The fourth-order valence-corrected chi connectivity index (χ4v) is 2.74. The number of amides is 1. The van der Waals surface area contributed by atoms with Gasteiger partial charge in [-0.15, -0.1) is 0 Å². The van der Waals surface area contributed by atoms with E-state index in [1.165, 1.54) is 11.1 Å². The third-order valence-corrected chi connectivity index (χ3v) is 4.43. The molecular formula is C20H26N2O.